The molecule has 0 aliphatic rings. The quantitative estimate of drug-likeness (QED) is 0.857. The Morgan fingerprint density at radius 1 is 1.30 bits per heavy atom. The molecule has 2 amide bonds. The number of rotatable bonds is 5. The summed E-state index contributed by atoms with van der Waals surface area (Å²) in [6.07, 6.45) is 1.73. The van der Waals surface area contributed by atoms with E-state index in [1.807, 2.05) is 20.8 Å². The zero-order valence-corrected chi connectivity index (χ0v) is 12.3. The number of amides is 2. The summed E-state index contributed by atoms with van der Waals surface area (Å²) in [4.78, 5) is 27.3. The number of methoxy groups -OCH3 is 1. The molecular formula is C14H21N3O3. The largest absolute Gasteiger partial charge is 0.481 e. The van der Waals surface area contributed by atoms with Crippen molar-refractivity contribution in [2.75, 3.05) is 19.0 Å². The topological polar surface area (TPSA) is 80.3 Å². The fraction of sp³-hybridized carbons (Fsp3) is 0.500. The zero-order valence-electron chi connectivity index (χ0n) is 12.3. The maximum absolute atomic E-state index is 11.7. The second kappa shape index (κ2) is 6.88. The van der Waals surface area contributed by atoms with E-state index in [4.69, 9.17) is 4.74 Å². The number of aromatic nitrogens is 1. The monoisotopic (exact) mass is 279 g/mol. The molecule has 0 saturated heterocycles. The summed E-state index contributed by atoms with van der Waals surface area (Å²) in [7, 11) is 1.53. The Morgan fingerprint density at radius 2 is 2.00 bits per heavy atom. The number of ether oxygens (including phenoxy) is 1. The van der Waals surface area contributed by atoms with Gasteiger partial charge in [-0.25, -0.2) is 4.98 Å². The third-order valence-electron chi connectivity index (χ3n) is 2.55. The highest BCUT2D eigenvalue weighted by Crippen LogP contribution is 2.12. The fourth-order valence-corrected chi connectivity index (χ4v) is 1.35. The lowest BCUT2D eigenvalue weighted by atomic mass is 9.96. The molecule has 1 heterocycles. The highest BCUT2D eigenvalue weighted by molar-refractivity contribution is 5.91. The summed E-state index contributed by atoms with van der Waals surface area (Å²) in [5.41, 5.74) is 0.147. The molecule has 0 fully saturated rings. The van der Waals surface area contributed by atoms with Crippen molar-refractivity contribution in [1.82, 2.24) is 10.3 Å². The first-order valence-electron chi connectivity index (χ1n) is 6.41. The molecule has 1 rings (SSSR count). The van der Waals surface area contributed by atoms with E-state index >= 15 is 0 Å². The first kappa shape index (κ1) is 15.9. The third-order valence-corrected chi connectivity index (χ3v) is 2.55. The van der Waals surface area contributed by atoms with Crippen LogP contribution in [0.2, 0.25) is 0 Å². The Labute approximate surface area is 118 Å². The van der Waals surface area contributed by atoms with Crippen LogP contribution in [0.3, 0.4) is 0 Å². The molecule has 0 radical (unpaired) electrons. The second-order valence-corrected chi connectivity index (χ2v) is 5.39. The average Bonchev–Trinajstić information content (AvgIpc) is 2.38. The van der Waals surface area contributed by atoms with Crippen molar-refractivity contribution < 1.29 is 14.3 Å². The van der Waals surface area contributed by atoms with Gasteiger partial charge in [-0.15, -0.1) is 0 Å². The number of anilines is 1. The number of carbonyl (C=O) groups excluding carboxylic acids is 2. The first-order valence-corrected chi connectivity index (χ1v) is 6.41. The molecule has 0 bridgehead atoms. The number of pyridine rings is 1. The molecule has 1 aromatic rings. The van der Waals surface area contributed by atoms with Crippen molar-refractivity contribution in [2.45, 2.75) is 27.2 Å². The van der Waals surface area contributed by atoms with Crippen LogP contribution in [0.25, 0.3) is 0 Å². The molecule has 110 valence electrons. The molecule has 0 spiro atoms. The van der Waals surface area contributed by atoms with Crippen LogP contribution < -0.4 is 15.4 Å². The van der Waals surface area contributed by atoms with E-state index in [1.165, 1.54) is 13.3 Å². The van der Waals surface area contributed by atoms with Crippen molar-refractivity contribution >= 4 is 17.5 Å². The van der Waals surface area contributed by atoms with Gasteiger partial charge in [0.1, 0.15) is 0 Å². The van der Waals surface area contributed by atoms with Gasteiger partial charge in [0.2, 0.25) is 17.7 Å². The fourth-order valence-electron chi connectivity index (χ4n) is 1.35. The van der Waals surface area contributed by atoms with Crippen molar-refractivity contribution in [3.63, 3.8) is 0 Å². The number of nitrogens with zero attached hydrogens (tertiary/aromatic N) is 1. The van der Waals surface area contributed by atoms with Gasteiger partial charge in [0.25, 0.3) is 0 Å². The maximum atomic E-state index is 11.7. The molecule has 0 aliphatic carbocycles. The van der Waals surface area contributed by atoms with E-state index < -0.39 is 5.41 Å². The van der Waals surface area contributed by atoms with Crippen LogP contribution in [0.4, 0.5) is 5.69 Å². The molecule has 2 N–H and O–H groups in total. The van der Waals surface area contributed by atoms with E-state index in [-0.39, 0.29) is 18.2 Å². The SMILES string of the molecule is COc1ccc(NC(=O)CCNC(=O)C(C)(C)C)cn1. The summed E-state index contributed by atoms with van der Waals surface area (Å²) in [5, 5.41) is 5.42. The molecule has 0 saturated carbocycles. The van der Waals surface area contributed by atoms with Crippen LogP contribution in [-0.2, 0) is 9.59 Å². The number of hydrogen-bond donors (Lipinski definition) is 2. The van der Waals surface area contributed by atoms with Crippen LogP contribution in [0.1, 0.15) is 27.2 Å². The number of hydrogen-bond acceptors (Lipinski definition) is 4. The molecule has 0 unspecified atom stereocenters. The van der Waals surface area contributed by atoms with E-state index in [1.54, 1.807) is 12.1 Å². The molecule has 0 aliphatic heterocycles. The Morgan fingerprint density at radius 3 is 2.50 bits per heavy atom. The second-order valence-electron chi connectivity index (χ2n) is 5.39. The first-order chi connectivity index (χ1) is 9.32. The summed E-state index contributed by atoms with van der Waals surface area (Å²) < 4.78 is 4.93. The number of carbonyl (C=O) groups is 2. The number of nitrogens with one attached hydrogen (secondary N) is 2. The Balaban J connectivity index is 2.35. The minimum Gasteiger partial charge on any atom is -0.481 e. The van der Waals surface area contributed by atoms with Gasteiger partial charge in [-0.1, -0.05) is 20.8 Å². The Bertz CT molecular complexity index is 464. The normalized spacial score (nSPS) is 10.8. The van der Waals surface area contributed by atoms with Crippen LogP contribution in [-0.4, -0.2) is 30.5 Å². The molecule has 6 heteroatoms. The Hall–Kier alpha value is -2.11. The third kappa shape index (κ3) is 5.26. The van der Waals surface area contributed by atoms with Gasteiger partial charge in [-0.3, -0.25) is 9.59 Å². The van der Waals surface area contributed by atoms with Crippen LogP contribution in [0, 0.1) is 5.41 Å². The van der Waals surface area contributed by atoms with Gasteiger partial charge in [0, 0.05) is 24.4 Å². The highest BCUT2D eigenvalue weighted by Gasteiger charge is 2.20. The van der Waals surface area contributed by atoms with Crippen molar-refractivity contribution in [1.29, 1.82) is 0 Å². The van der Waals surface area contributed by atoms with E-state index in [0.29, 0.717) is 18.1 Å². The maximum Gasteiger partial charge on any atom is 0.226 e. The van der Waals surface area contributed by atoms with Gasteiger partial charge in [0.05, 0.1) is 19.0 Å². The lowest BCUT2D eigenvalue weighted by molar-refractivity contribution is -0.128. The molecule has 0 atom stereocenters. The summed E-state index contributed by atoms with van der Waals surface area (Å²) >= 11 is 0. The smallest absolute Gasteiger partial charge is 0.226 e. The molecule has 20 heavy (non-hydrogen) atoms. The summed E-state index contributed by atoms with van der Waals surface area (Å²) in [6.45, 7) is 5.79. The predicted octanol–water partition coefficient (Wildman–Crippen LogP) is 1.58. The minimum atomic E-state index is -0.448. The van der Waals surface area contributed by atoms with Gasteiger partial charge in [-0.05, 0) is 6.07 Å². The molecular weight excluding hydrogens is 258 g/mol. The highest BCUT2D eigenvalue weighted by atomic mass is 16.5. The van der Waals surface area contributed by atoms with E-state index in [9.17, 15) is 9.59 Å². The van der Waals surface area contributed by atoms with Gasteiger partial charge >= 0.3 is 0 Å². The van der Waals surface area contributed by atoms with Gasteiger partial charge in [-0.2, -0.15) is 0 Å². The van der Waals surface area contributed by atoms with Gasteiger partial charge < -0.3 is 15.4 Å². The van der Waals surface area contributed by atoms with Crippen LogP contribution in [0.5, 0.6) is 5.88 Å². The standard InChI is InChI=1S/C14H21N3O3/c1-14(2,3)13(19)15-8-7-11(18)17-10-5-6-12(20-4)16-9-10/h5-6,9H,7-8H2,1-4H3,(H,15,19)(H,17,18). The lowest BCUT2D eigenvalue weighted by Crippen LogP contribution is -2.36. The van der Waals surface area contributed by atoms with E-state index in [0.717, 1.165) is 0 Å². The molecule has 0 aromatic carbocycles. The molecule has 1 aromatic heterocycles. The van der Waals surface area contributed by atoms with Crippen molar-refractivity contribution in [2.24, 2.45) is 5.41 Å². The summed E-state index contributed by atoms with van der Waals surface area (Å²) in [6, 6.07) is 3.37. The predicted molar refractivity (Wildman–Crippen MR) is 76.5 cm³/mol. The van der Waals surface area contributed by atoms with Gasteiger partial charge in [0.15, 0.2) is 0 Å². The average molecular weight is 279 g/mol. The summed E-state index contributed by atoms with van der Waals surface area (Å²) in [5.74, 6) is 0.239. The zero-order chi connectivity index (χ0) is 15.2. The van der Waals surface area contributed by atoms with E-state index in [2.05, 4.69) is 15.6 Å². The molecule has 6 nitrogen and oxygen atoms in total. The van der Waals surface area contributed by atoms with Crippen molar-refractivity contribution in [3.8, 4) is 5.88 Å². The van der Waals surface area contributed by atoms with Crippen LogP contribution in [0.15, 0.2) is 18.3 Å². The lowest BCUT2D eigenvalue weighted by Gasteiger charge is -2.17. The minimum absolute atomic E-state index is 0.0728. The van der Waals surface area contributed by atoms with Crippen LogP contribution >= 0.6 is 0 Å². The van der Waals surface area contributed by atoms with Crippen molar-refractivity contribution in [3.05, 3.63) is 18.3 Å². The Kier molecular flexibility index (Phi) is 5.49.